The Morgan fingerprint density at radius 3 is 2.25 bits per heavy atom. The van der Waals surface area contributed by atoms with E-state index in [1.807, 2.05) is 0 Å². The molecule has 1 atom stereocenters. The van der Waals surface area contributed by atoms with Gasteiger partial charge < -0.3 is 10.4 Å². The standard InChI is InChI=1S/C14H29NO/c1-5-14(3,4)12-6-8-13(9-7-12)15-11(2)10-16/h11-13,15-16H,5-10H2,1-4H3/t11-,12?,13?/m0/s1. The molecule has 0 amide bonds. The lowest BCUT2D eigenvalue weighted by atomic mass is 9.69. The summed E-state index contributed by atoms with van der Waals surface area (Å²) < 4.78 is 0. The van der Waals surface area contributed by atoms with Crippen LogP contribution in [0.4, 0.5) is 0 Å². The van der Waals surface area contributed by atoms with Crippen LogP contribution in [0.3, 0.4) is 0 Å². The predicted octanol–water partition coefficient (Wildman–Crippen LogP) is 2.95. The van der Waals surface area contributed by atoms with Crippen LogP contribution >= 0.6 is 0 Å². The Morgan fingerprint density at radius 2 is 1.81 bits per heavy atom. The number of hydrogen-bond donors (Lipinski definition) is 2. The highest BCUT2D eigenvalue weighted by atomic mass is 16.3. The lowest BCUT2D eigenvalue weighted by molar-refractivity contribution is 0.129. The molecule has 0 bridgehead atoms. The van der Waals surface area contributed by atoms with Gasteiger partial charge in [-0.15, -0.1) is 0 Å². The van der Waals surface area contributed by atoms with Crippen LogP contribution in [0.5, 0.6) is 0 Å². The van der Waals surface area contributed by atoms with Gasteiger partial charge in [-0.2, -0.15) is 0 Å². The lowest BCUT2D eigenvalue weighted by Crippen LogP contribution is -2.42. The molecule has 0 aromatic rings. The molecule has 0 aromatic heterocycles. The van der Waals surface area contributed by atoms with E-state index >= 15 is 0 Å². The van der Waals surface area contributed by atoms with E-state index in [2.05, 4.69) is 33.0 Å². The summed E-state index contributed by atoms with van der Waals surface area (Å²) in [5.74, 6) is 0.889. The van der Waals surface area contributed by atoms with Gasteiger partial charge >= 0.3 is 0 Å². The molecule has 0 spiro atoms. The zero-order valence-corrected chi connectivity index (χ0v) is 11.4. The van der Waals surface area contributed by atoms with E-state index in [0.717, 1.165) is 5.92 Å². The zero-order valence-electron chi connectivity index (χ0n) is 11.4. The minimum atomic E-state index is 0.250. The van der Waals surface area contributed by atoms with E-state index < -0.39 is 0 Å². The molecule has 16 heavy (non-hydrogen) atoms. The average Bonchev–Trinajstić information content (AvgIpc) is 2.29. The highest BCUT2D eigenvalue weighted by Crippen LogP contribution is 2.40. The molecule has 2 nitrogen and oxygen atoms in total. The summed E-state index contributed by atoms with van der Waals surface area (Å²) in [7, 11) is 0. The maximum Gasteiger partial charge on any atom is 0.0582 e. The number of aliphatic hydroxyl groups is 1. The number of nitrogens with one attached hydrogen (secondary N) is 1. The Kier molecular flexibility index (Phi) is 5.26. The van der Waals surface area contributed by atoms with E-state index in [0.29, 0.717) is 11.5 Å². The van der Waals surface area contributed by atoms with E-state index in [9.17, 15) is 0 Å². The van der Waals surface area contributed by atoms with Crippen molar-refractivity contribution in [3.05, 3.63) is 0 Å². The Balaban J connectivity index is 2.34. The summed E-state index contributed by atoms with van der Waals surface area (Å²) >= 11 is 0. The van der Waals surface area contributed by atoms with Crippen LogP contribution in [0.1, 0.15) is 59.8 Å². The third-order valence-electron chi connectivity index (χ3n) is 4.54. The molecule has 1 aliphatic rings. The van der Waals surface area contributed by atoms with Gasteiger partial charge in [-0.3, -0.25) is 0 Å². The van der Waals surface area contributed by atoms with E-state index in [-0.39, 0.29) is 12.6 Å². The topological polar surface area (TPSA) is 32.3 Å². The van der Waals surface area contributed by atoms with Crippen molar-refractivity contribution in [2.75, 3.05) is 6.61 Å². The fourth-order valence-electron chi connectivity index (χ4n) is 2.79. The maximum atomic E-state index is 9.02. The molecule has 1 aliphatic carbocycles. The quantitative estimate of drug-likeness (QED) is 0.757. The monoisotopic (exact) mass is 227 g/mol. The molecule has 0 unspecified atom stereocenters. The second-order valence-electron chi connectivity index (χ2n) is 6.14. The van der Waals surface area contributed by atoms with Crippen molar-refractivity contribution in [2.24, 2.45) is 11.3 Å². The summed E-state index contributed by atoms with van der Waals surface area (Å²) in [6.07, 6.45) is 6.52. The van der Waals surface area contributed by atoms with Crippen molar-refractivity contribution < 1.29 is 5.11 Å². The van der Waals surface area contributed by atoms with Crippen molar-refractivity contribution in [3.63, 3.8) is 0 Å². The fraction of sp³-hybridized carbons (Fsp3) is 1.00. The molecule has 2 heteroatoms. The van der Waals surface area contributed by atoms with Gasteiger partial charge in [0.1, 0.15) is 0 Å². The average molecular weight is 227 g/mol. The summed E-state index contributed by atoms with van der Waals surface area (Å²) in [4.78, 5) is 0. The Morgan fingerprint density at radius 1 is 1.25 bits per heavy atom. The summed E-state index contributed by atoms with van der Waals surface area (Å²) in [6, 6.07) is 0.881. The number of aliphatic hydroxyl groups excluding tert-OH is 1. The SMILES string of the molecule is CCC(C)(C)C1CCC(N[C@@H](C)CO)CC1. The molecular weight excluding hydrogens is 198 g/mol. The lowest BCUT2D eigenvalue weighted by Gasteiger charge is -2.39. The molecule has 0 radical (unpaired) electrons. The first-order valence-electron chi connectivity index (χ1n) is 6.86. The molecule has 1 saturated carbocycles. The molecule has 0 heterocycles. The largest absolute Gasteiger partial charge is 0.395 e. The Bertz CT molecular complexity index is 195. The smallest absolute Gasteiger partial charge is 0.0582 e. The van der Waals surface area contributed by atoms with Crippen molar-refractivity contribution in [3.8, 4) is 0 Å². The van der Waals surface area contributed by atoms with Gasteiger partial charge in [0, 0.05) is 12.1 Å². The van der Waals surface area contributed by atoms with Crippen LogP contribution in [-0.4, -0.2) is 23.8 Å². The molecule has 2 N–H and O–H groups in total. The van der Waals surface area contributed by atoms with E-state index in [4.69, 9.17) is 5.11 Å². The van der Waals surface area contributed by atoms with Gasteiger partial charge in [-0.05, 0) is 43.9 Å². The highest BCUT2D eigenvalue weighted by Gasteiger charge is 2.31. The third-order valence-corrected chi connectivity index (χ3v) is 4.54. The van der Waals surface area contributed by atoms with Gasteiger partial charge in [0.2, 0.25) is 0 Å². The summed E-state index contributed by atoms with van der Waals surface area (Å²) in [5.41, 5.74) is 0.508. The molecule has 96 valence electrons. The molecule has 0 aromatic carbocycles. The third kappa shape index (κ3) is 3.74. The van der Waals surface area contributed by atoms with Crippen LogP contribution in [0.25, 0.3) is 0 Å². The van der Waals surface area contributed by atoms with Gasteiger partial charge in [0.15, 0.2) is 0 Å². The maximum absolute atomic E-state index is 9.02. The zero-order chi connectivity index (χ0) is 12.2. The predicted molar refractivity (Wildman–Crippen MR) is 69.5 cm³/mol. The molecule has 0 saturated heterocycles. The van der Waals surface area contributed by atoms with Gasteiger partial charge in [-0.25, -0.2) is 0 Å². The van der Waals surface area contributed by atoms with Crippen molar-refractivity contribution >= 4 is 0 Å². The molecule has 1 fully saturated rings. The van der Waals surface area contributed by atoms with Crippen LogP contribution in [0.15, 0.2) is 0 Å². The second kappa shape index (κ2) is 6.02. The van der Waals surface area contributed by atoms with Crippen molar-refractivity contribution in [2.45, 2.75) is 71.9 Å². The molecule has 1 rings (SSSR count). The Hall–Kier alpha value is -0.0800. The van der Waals surface area contributed by atoms with Crippen molar-refractivity contribution in [1.29, 1.82) is 0 Å². The normalized spacial score (nSPS) is 29.1. The number of rotatable bonds is 5. The van der Waals surface area contributed by atoms with Crippen LogP contribution in [0, 0.1) is 11.3 Å². The van der Waals surface area contributed by atoms with Gasteiger partial charge in [-0.1, -0.05) is 27.2 Å². The van der Waals surface area contributed by atoms with Gasteiger partial charge in [0.25, 0.3) is 0 Å². The summed E-state index contributed by atoms with van der Waals surface area (Å²) in [6.45, 7) is 9.42. The minimum absolute atomic E-state index is 0.250. The molecule has 0 aliphatic heterocycles. The fourth-order valence-corrected chi connectivity index (χ4v) is 2.79. The first-order valence-corrected chi connectivity index (χ1v) is 6.86. The van der Waals surface area contributed by atoms with Crippen LogP contribution in [-0.2, 0) is 0 Å². The van der Waals surface area contributed by atoms with Crippen LogP contribution in [0.2, 0.25) is 0 Å². The first-order chi connectivity index (χ1) is 7.49. The number of hydrogen-bond acceptors (Lipinski definition) is 2. The summed E-state index contributed by atoms with van der Waals surface area (Å²) in [5, 5.41) is 12.5. The van der Waals surface area contributed by atoms with E-state index in [1.165, 1.54) is 32.1 Å². The minimum Gasteiger partial charge on any atom is -0.395 e. The Labute approximate surface area is 101 Å². The van der Waals surface area contributed by atoms with E-state index in [1.54, 1.807) is 0 Å². The second-order valence-corrected chi connectivity index (χ2v) is 6.14. The van der Waals surface area contributed by atoms with Crippen molar-refractivity contribution in [1.82, 2.24) is 5.32 Å². The highest BCUT2D eigenvalue weighted by molar-refractivity contribution is 4.85. The van der Waals surface area contributed by atoms with Crippen LogP contribution < -0.4 is 5.32 Å². The molecular formula is C14H29NO. The first kappa shape index (κ1) is 14.0. The van der Waals surface area contributed by atoms with Gasteiger partial charge in [0.05, 0.1) is 6.61 Å².